The lowest BCUT2D eigenvalue weighted by atomic mass is 9.94. The van der Waals surface area contributed by atoms with Crippen molar-refractivity contribution >= 4 is 23.6 Å². The molecule has 2 saturated heterocycles. The highest BCUT2D eigenvalue weighted by atomic mass is 16.4. The predicted octanol–water partition coefficient (Wildman–Crippen LogP) is 1.21. The average Bonchev–Trinajstić information content (AvgIpc) is 3.42. The van der Waals surface area contributed by atoms with Gasteiger partial charge in [0.25, 0.3) is 5.91 Å². The van der Waals surface area contributed by atoms with E-state index >= 15 is 0 Å². The maximum absolute atomic E-state index is 13.4. The number of anilines is 2. The summed E-state index contributed by atoms with van der Waals surface area (Å²) in [6, 6.07) is 9.95. The zero-order valence-corrected chi connectivity index (χ0v) is 19.8. The lowest BCUT2D eigenvalue weighted by Crippen LogP contribution is -2.56. The summed E-state index contributed by atoms with van der Waals surface area (Å²) in [5, 5.41) is 22.8. The van der Waals surface area contributed by atoms with E-state index in [1.165, 1.54) is 17.2 Å². The van der Waals surface area contributed by atoms with Gasteiger partial charge in [-0.2, -0.15) is 4.98 Å². The van der Waals surface area contributed by atoms with Crippen LogP contribution in [-0.4, -0.2) is 93.3 Å². The van der Waals surface area contributed by atoms with Crippen molar-refractivity contribution in [2.75, 3.05) is 49.5 Å². The van der Waals surface area contributed by atoms with Crippen molar-refractivity contribution in [2.45, 2.75) is 44.4 Å². The Labute approximate surface area is 204 Å². The molecule has 0 aliphatic carbocycles. The number of fused-ring (bicyclic) bond motifs is 1. The van der Waals surface area contributed by atoms with E-state index in [1.807, 2.05) is 4.90 Å². The first kappa shape index (κ1) is 23.5. The van der Waals surface area contributed by atoms with Crippen LogP contribution in [0.4, 0.5) is 11.8 Å². The monoisotopic (exact) mass is 480 g/mol. The van der Waals surface area contributed by atoms with Crippen LogP contribution in [0.3, 0.4) is 0 Å². The number of aliphatic hydroxyl groups is 1. The minimum absolute atomic E-state index is 0.00533. The summed E-state index contributed by atoms with van der Waals surface area (Å²) in [6.45, 7) is 3.79. The molecule has 0 saturated carbocycles. The minimum atomic E-state index is -1.01. The molecule has 3 aliphatic heterocycles. The Balaban J connectivity index is 1.28. The van der Waals surface area contributed by atoms with Gasteiger partial charge in [0.1, 0.15) is 18.1 Å². The van der Waals surface area contributed by atoms with Gasteiger partial charge >= 0.3 is 5.97 Å². The number of nitrogens with one attached hydrogen (secondary N) is 1. The second kappa shape index (κ2) is 10.2. The number of carbonyl (C=O) groups is 2. The Morgan fingerprint density at radius 3 is 2.57 bits per heavy atom. The summed E-state index contributed by atoms with van der Waals surface area (Å²) < 4.78 is 0. The van der Waals surface area contributed by atoms with E-state index in [-0.39, 0.29) is 30.7 Å². The first-order valence-electron chi connectivity index (χ1n) is 12.4. The molecule has 0 unspecified atom stereocenters. The molecular weight excluding hydrogens is 448 g/mol. The fourth-order valence-corrected chi connectivity index (χ4v) is 5.35. The predicted molar refractivity (Wildman–Crippen MR) is 130 cm³/mol. The van der Waals surface area contributed by atoms with Crippen molar-refractivity contribution in [1.82, 2.24) is 19.8 Å². The highest BCUT2D eigenvalue weighted by Gasteiger charge is 2.36. The Hall–Kier alpha value is -3.24. The zero-order chi connectivity index (χ0) is 24.4. The molecule has 0 bridgehead atoms. The van der Waals surface area contributed by atoms with Gasteiger partial charge in [-0.3, -0.25) is 14.5 Å². The zero-order valence-electron chi connectivity index (χ0n) is 19.8. The highest BCUT2D eigenvalue weighted by Crippen LogP contribution is 2.26. The molecule has 10 heteroatoms. The van der Waals surface area contributed by atoms with Crippen LogP contribution in [0, 0.1) is 0 Å². The van der Waals surface area contributed by atoms with Gasteiger partial charge in [0.05, 0.1) is 6.10 Å². The number of carboxylic acids is 1. The maximum Gasteiger partial charge on any atom is 0.322 e. The molecule has 3 aliphatic rings. The minimum Gasteiger partial charge on any atom is -0.480 e. The highest BCUT2D eigenvalue weighted by molar-refractivity contribution is 5.93. The lowest BCUT2D eigenvalue weighted by Gasteiger charge is -2.43. The van der Waals surface area contributed by atoms with Crippen LogP contribution in [0.2, 0.25) is 0 Å². The van der Waals surface area contributed by atoms with Crippen LogP contribution in [0.25, 0.3) is 0 Å². The molecule has 2 atom stereocenters. The van der Waals surface area contributed by atoms with Crippen LogP contribution < -0.4 is 10.2 Å². The maximum atomic E-state index is 13.4. The van der Waals surface area contributed by atoms with E-state index in [4.69, 9.17) is 5.11 Å². The van der Waals surface area contributed by atoms with Crippen LogP contribution in [0.5, 0.6) is 0 Å². The molecule has 35 heavy (non-hydrogen) atoms. The Morgan fingerprint density at radius 1 is 1.06 bits per heavy atom. The van der Waals surface area contributed by atoms with Gasteiger partial charge in [-0.05, 0) is 36.8 Å². The van der Waals surface area contributed by atoms with E-state index in [2.05, 4.69) is 44.5 Å². The van der Waals surface area contributed by atoms with Gasteiger partial charge in [0, 0.05) is 51.4 Å². The van der Waals surface area contributed by atoms with Crippen molar-refractivity contribution in [3.05, 3.63) is 47.2 Å². The summed E-state index contributed by atoms with van der Waals surface area (Å²) >= 11 is 0. The standard InChI is InChI=1S/C25H32N6O4/c32-21-16-31(12-8-20(21)30-11-7-17-5-1-2-6-18(17)15-30)24(35)19-13-22(26-14-23(33)34)28-25(27-19)29-9-3-4-10-29/h1-2,5-6,13,20-21,32H,3-4,7-12,14-16H2,(H,33,34)(H,26,27,28)/t20-,21-/m0/s1. The van der Waals surface area contributed by atoms with Gasteiger partial charge in [0.2, 0.25) is 5.95 Å². The molecule has 1 amide bonds. The van der Waals surface area contributed by atoms with Crippen molar-refractivity contribution in [2.24, 2.45) is 0 Å². The molecule has 2 fully saturated rings. The summed E-state index contributed by atoms with van der Waals surface area (Å²) in [7, 11) is 0. The summed E-state index contributed by atoms with van der Waals surface area (Å²) in [5.41, 5.74) is 2.89. The van der Waals surface area contributed by atoms with Crippen LogP contribution in [-0.2, 0) is 17.8 Å². The topological polar surface area (TPSA) is 122 Å². The van der Waals surface area contributed by atoms with E-state index in [9.17, 15) is 14.7 Å². The number of carboxylic acid groups (broad SMARTS) is 1. The number of benzene rings is 1. The summed E-state index contributed by atoms with van der Waals surface area (Å²) in [5.74, 6) is -0.531. The Kier molecular flexibility index (Phi) is 6.83. The third-order valence-electron chi connectivity index (χ3n) is 7.21. The second-order valence-electron chi connectivity index (χ2n) is 9.54. The third-order valence-corrected chi connectivity index (χ3v) is 7.21. The van der Waals surface area contributed by atoms with E-state index < -0.39 is 12.1 Å². The number of aliphatic hydroxyl groups excluding tert-OH is 1. The number of hydrogen-bond acceptors (Lipinski definition) is 8. The van der Waals surface area contributed by atoms with Crippen molar-refractivity contribution < 1.29 is 19.8 Å². The van der Waals surface area contributed by atoms with Gasteiger partial charge < -0.3 is 25.3 Å². The number of β-amino-alcohol motifs (C(OH)–C–C–N with tert-alkyl or cyclic N) is 1. The van der Waals surface area contributed by atoms with Crippen LogP contribution in [0.1, 0.15) is 40.9 Å². The van der Waals surface area contributed by atoms with Gasteiger partial charge in [-0.25, -0.2) is 4.98 Å². The molecule has 1 aromatic heterocycles. The molecule has 1 aromatic carbocycles. The number of piperidine rings is 1. The normalized spacial score (nSPS) is 22.7. The quantitative estimate of drug-likeness (QED) is 0.560. The molecule has 186 valence electrons. The van der Waals surface area contributed by atoms with E-state index in [0.29, 0.717) is 24.7 Å². The van der Waals surface area contributed by atoms with Crippen molar-refractivity contribution in [1.29, 1.82) is 0 Å². The van der Waals surface area contributed by atoms with E-state index in [0.717, 1.165) is 45.4 Å². The number of rotatable bonds is 6. The van der Waals surface area contributed by atoms with Gasteiger partial charge in [-0.1, -0.05) is 24.3 Å². The molecule has 3 N–H and O–H groups in total. The Morgan fingerprint density at radius 2 is 1.83 bits per heavy atom. The van der Waals surface area contributed by atoms with Gasteiger partial charge in [0.15, 0.2) is 0 Å². The molecule has 0 radical (unpaired) electrons. The molecule has 2 aromatic rings. The molecular formula is C25H32N6O4. The summed E-state index contributed by atoms with van der Waals surface area (Å²) in [4.78, 5) is 39.4. The second-order valence-corrected chi connectivity index (χ2v) is 9.54. The number of likely N-dealkylation sites (tertiary alicyclic amines) is 1. The number of carbonyl (C=O) groups excluding carboxylic acids is 1. The van der Waals surface area contributed by atoms with Crippen LogP contribution >= 0.6 is 0 Å². The largest absolute Gasteiger partial charge is 0.480 e. The van der Waals surface area contributed by atoms with Crippen molar-refractivity contribution in [3.63, 3.8) is 0 Å². The number of nitrogens with zero attached hydrogens (tertiary/aromatic N) is 5. The first-order valence-corrected chi connectivity index (χ1v) is 12.4. The third kappa shape index (κ3) is 5.23. The first-order chi connectivity index (χ1) is 17.0. The lowest BCUT2D eigenvalue weighted by molar-refractivity contribution is -0.134. The number of aliphatic carboxylic acids is 1. The SMILES string of the molecule is O=C(O)CNc1cc(C(=O)N2CC[C@H](N3CCc4ccccc4C3)[C@@H](O)C2)nc(N2CCCC2)n1. The number of amides is 1. The Bertz CT molecular complexity index is 1090. The van der Waals surface area contributed by atoms with Gasteiger partial charge in [-0.15, -0.1) is 0 Å². The fraction of sp³-hybridized carbons (Fsp3) is 0.520. The molecule has 0 spiro atoms. The number of hydrogen-bond donors (Lipinski definition) is 3. The molecule has 4 heterocycles. The van der Waals surface area contributed by atoms with Crippen LogP contribution in [0.15, 0.2) is 30.3 Å². The molecule has 10 nitrogen and oxygen atoms in total. The van der Waals surface area contributed by atoms with E-state index in [1.54, 1.807) is 4.90 Å². The number of aromatic nitrogens is 2. The van der Waals surface area contributed by atoms with Crippen molar-refractivity contribution in [3.8, 4) is 0 Å². The summed E-state index contributed by atoms with van der Waals surface area (Å²) in [6.07, 6.45) is 3.06. The molecule has 5 rings (SSSR count). The average molecular weight is 481 g/mol. The smallest absolute Gasteiger partial charge is 0.322 e. The fourth-order valence-electron chi connectivity index (χ4n) is 5.35.